The summed E-state index contributed by atoms with van der Waals surface area (Å²) in [5, 5.41) is 0. The number of hydrogen-bond donors (Lipinski definition) is 2. The number of anilines is 2. The van der Waals surface area contributed by atoms with Crippen LogP contribution in [0.25, 0.3) is 22.4 Å². The van der Waals surface area contributed by atoms with Gasteiger partial charge >= 0.3 is 0 Å². The first-order chi connectivity index (χ1) is 14.1. The average Bonchev–Trinajstić information content (AvgIpc) is 2.68. The maximum atomic E-state index is 14.6. The lowest BCUT2D eigenvalue weighted by Crippen LogP contribution is -2.26. The first-order valence-corrected chi connectivity index (χ1v) is 10.2. The zero-order valence-corrected chi connectivity index (χ0v) is 17.4. The fourth-order valence-electron chi connectivity index (χ4n) is 2.75. The molecule has 0 saturated heterocycles. The van der Waals surface area contributed by atoms with Gasteiger partial charge in [-0.05, 0) is 37.9 Å². The van der Waals surface area contributed by atoms with E-state index in [-0.39, 0.29) is 35.4 Å². The maximum Gasteiger partial charge on any atom is 0.278 e. The Morgan fingerprint density at radius 1 is 1.30 bits per heavy atom. The SMILES string of the molecule is CCC(F)(F)CSNc1ccc(-c2nc3cnc(N)nc3n(C(C)C)c2=O)cc1F. The van der Waals surface area contributed by atoms with E-state index in [0.717, 1.165) is 6.07 Å². The Labute approximate surface area is 175 Å². The highest BCUT2D eigenvalue weighted by atomic mass is 32.2. The van der Waals surface area contributed by atoms with Gasteiger partial charge in [-0.1, -0.05) is 13.0 Å². The summed E-state index contributed by atoms with van der Waals surface area (Å²) in [6.45, 7) is 5.00. The highest BCUT2D eigenvalue weighted by Crippen LogP contribution is 2.28. The van der Waals surface area contributed by atoms with Gasteiger partial charge in [0.25, 0.3) is 11.5 Å². The van der Waals surface area contributed by atoms with Crippen LogP contribution < -0.4 is 16.0 Å². The van der Waals surface area contributed by atoms with Crippen molar-refractivity contribution in [2.75, 3.05) is 16.2 Å². The van der Waals surface area contributed by atoms with E-state index in [4.69, 9.17) is 5.73 Å². The van der Waals surface area contributed by atoms with E-state index in [1.54, 1.807) is 13.8 Å². The van der Waals surface area contributed by atoms with Crippen LogP contribution in [0.2, 0.25) is 0 Å². The third kappa shape index (κ3) is 4.50. The molecule has 0 aliphatic rings. The van der Waals surface area contributed by atoms with Crippen LogP contribution in [-0.4, -0.2) is 31.2 Å². The van der Waals surface area contributed by atoms with Crippen LogP contribution >= 0.6 is 11.9 Å². The minimum Gasteiger partial charge on any atom is -0.368 e. The average molecular weight is 438 g/mol. The summed E-state index contributed by atoms with van der Waals surface area (Å²) < 4.78 is 45.2. The molecule has 0 fully saturated rings. The van der Waals surface area contributed by atoms with Gasteiger partial charge in [0.05, 0.1) is 17.6 Å². The molecule has 3 N–H and O–H groups in total. The smallest absolute Gasteiger partial charge is 0.278 e. The van der Waals surface area contributed by atoms with Crippen LogP contribution in [0, 0.1) is 5.82 Å². The molecule has 160 valence electrons. The molecule has 0 radical (unpaired) electrons. The molecule has 0 bridgehead atoms. The molecule has 2 aromatic heterocycles. The lowest BCUT2D eigenvalue weighted by atomic mass is 10.1. The van der Waals surface area contributed by atoms with Crippen LogP contribution in [-0.2, 0) is 0 Å². The Balaban J connectivity index is 1.98. The van der Waals surface area contributed by atoms with Gasteiger partial charge < -0.3 is 10.5 Å². The number of benzene rings is 1. The first-order valence-electron chi connectivity index (χ1n) is 9.23. The van der Waals surface area contributed by atoms with Crippen LogP contribution in [0.3, 0.4) is 0 Å². The number of nitrogens with zero attached hydrogens (tertiary/aromatic N) is 4. The van der Waals surface area contributed by atoms with Gasteiger partial charge in [0.1, 0.15) is 17.0 Å². The van der Waals surface area contributed by atoms with Crippen molar-refractivity contribution in [1.82, 2.24) is 19.5 Å². The van der Waals surface area contributed by atoms with Crippen LogP contribution in [0.5, 0.6) is 0 Å². The van der Waals surface area contributed by atoms with Crippen molar-refractivity contribution in [2.24, 2.45) is 0 Å². The van der Waals surface area contributed by atoms with Crippen molar-refractivity contribution in [2.45, 2.75) is 39.2 Å². The zero-order chi connectivity index (χ0) is 22.1. The summed E-state index contributed by atoms with van der Waals surface area (Å²) in [5.74, 6) is -4.00. The molecule has 0 saturated carbocycles. The largest absolute Gasteiger partial charge is 0.368 e. The number of hydrogen-bond acceptors (Lipinski definition) is 7. The molecule has 3 aromatic rings. The van der Waals surface area contributed by atoms with E-state index in [0.29, 0.717) is 23.1 Å². The number of nitrogen functional groups attached to an aromatic ring is 1. The molecule has 11 heteroatoms. The molecular formula is C19H21F3N6OS. The van der Waals surface area contributed by atoms with Crippen LogP contribution in [0.15, 0.2) is 29.2 Å². The molecule has 0 unspecified atom stereocenters. The number of aromatic nitrogens is 4. The quantitative estimate of drug-likeness (QED) is 0.532. The van der Waals surface area contributed by atoms with Gasteiger partial charge in [-0.25, -0.2) is 23.1 Å². The van der Waals surface area contributed by atoms with Crippen molar-refractivity contribution in [1.29, 1.82) is 0 Å². The van der Waals surface area contributed by atoms with E-state index in [1.165, 1.54) is 29.8 Å². The Morgan fingerprint density at radius 3 is 2.67 bits per heavy atom. The molecule has 0 aliphatic carbocycles. The molecule has 2 heterocycles. The van der Waals surface area contributed by atoms with Crippen molar-refractivity contribution in [3.05, 3.63) is 40.6 Å². The zero-order valence-electron chi connectivity index (χ0n) is 16.6. The van der Waals surface area contributed by atoms with Crippen molar-refractivity contribution in [3.8, 4) is 11.3 Å². The van der Waals surface area contributed by atoms with Gasteiger partial charge in [0, 0.05) is 18.0 Å². The maximum absolute atomic E-state index is 14.6. The fourth-order valence-corrected chi connectivity index (χ4v) is 3.56. The molecule has 0 aliphatic heterocycles. The summed E-state index contributed by atoms with van der Waals surface area (Å²) in [4.78, 5) is 25.3. The fraction of sp³-hybridized carbons (Fsp3) is 0.368. The molecule has 3 rings (SSSR count). The van der Waals surface area contributed by atoms with Gasteiger partial charge in [-0.15, -0.1) is 0 Å². The lowest BCUT2D eigenvalue weighted by Gasteiger charge is -2.15. The minimum atomic E-state index is -2.84. The Kier molecular flexibility index (Phi) is 6.20. The predicted octanol–water partition coefficient (Wildman–Crippen LogP) is 4.26. The van der Waals surface area contributed by atoms with Gasteiger partial charge in [0.15, 0.2) is 5.65 Å². The molecule has 30 heavy (non-hydrogen) atoms. The van der Waals surface area contributed by atoms with Crippen molar-refractivity contribution in [3.63, 3.8) is 0 Å². The summed E-state index contributed by atoms with van der Waals surface area (Å²) in [7, 11) is 0. The Hall–Kier alpha value is -2.82. The summed E-state index contributed by atoms with van der Waals surface area (Å²) in [6, 6.07) is 3.77. The number of alkyl halides is 2. The third-order valence-corrected chi connectivity index (χ3v) is 5.32. The number of nitrogens with two attached hydrogens (primary N) is 1. The number of rotatable bonds is 7. The molecule has 0 atom stereocenters. The van der Waals surface area contributed by atoms with E-state index in [9.17, 15) is 18.0 Å². The van der Waals surface area contributed by atoms with E-state index in [1.807, 2.05) is 0 Å². The first kappa shape index (κ1) is 21.9. The van der Waals surface area contributed by atoms with E-state index in [2.05, 4.69) is 19.7 Å². The van der Waals surface area contributed by atoms with Crippen molar-refractivity contribution >= 4 is 34.7 Å². The van der Waals surface area contributed by atoms with E-state index >= 15 is 0 Å². The highest BCUT2D eigenvalue weighted by Gasteiger charge is 2.26. The molecule has 7 nitrogen and oxygen atoms in total. The third-order valence-electron chi connectivity index (χ3n) is 4.39. The second-order valence-electron chi connectivity index (χ2n) is 6.96. The second-order valence-corrected chi connectivity index (χ2v) is 7.74. The highest BCUT2D eigenvalue weighted by molar-refractivity contribution is 8.00. The van der Waals surface area contributed by atoms with Gasteiger partial charge in [-0.2, -0.15) is 4.98 Å². The molecule has 1 aromatic carbocycles. The van der Waals surface area contributed by atoms with E-state index < -0.39 is 23.1 Å². The summed E-state index contributed by atoms with van der Waals surface area (Å²) in [6.07, 6.45) is 1.10. The molecule has 0 spiro atoms. The number of fused-ring (bicyclic) bond motifs is 1. The Morgan fingerprint density at radius 2 is 2.03 bits per heavy atom. The molecule has 0 amide bonds. The molecular weight excluding hydrogens is 417 g/mol. The van der Waals surface area contributed by atoms with Crippen LogP contribution in [0.1, 0.15) is 33.2 Å². The normalized spacial score (nSPS) is 12.0. The number of nitrogens with one attached hydrogen (secondary N) is 1. The summed E-state index contributed by atoms with van der Waals surface area (Å²) >= 11 is 0.717. The minimum absolute atomic E-state index is 0.0125. The van der Waals surface area contributed by atoms with Crippen molar-refractivity contribution < 1.29 is 13.2 Å². The predicted molar refractivity (Wildman–Crippen MR) is 113 cm³/mol. The number of halogens is 3. The van der Waals surface area contributed by atoms with Crippen LogP contribution in [0.4, 0.5) is 24.8 Å². The Bertz CT molecular complexity index is 1140. The van der Waals surface area contributed by atoms with Gasteiger partial charge in [0.2, 0.25) is 5.95 Å². The lowest BCUT2D eigenvalue weighted by molar-refractivity contribution is 0.0236. The second kappa shape index (κ2) is 8.50. The van der Waals surface area contributed by atoms with Gasteiger partial charge in [-0.3, -0.25) is 9.36 Å². The standard InChI is InChI=1S/C19H21F3N6OS/c1-4-19(21,22)9-30-27-13-6-5-11(7-12(13)20)15-17(29)28(10(2)3)16-14(25-15)8-24-18(23)26-16/h5-8,10,27H,4,9H2,1-3H3,(H2,23,24,26). The topological polar surface area (TPSA) is 98.7 Å². The monoisotopic (exact) mass is 438 g/mol. The summed E-state index contributed by atoms with van der Waals surface area (Å²) in [5.41, 5.74) is 6.13.